The van der Waals surface area contributed by atoms with Gasteiger partial charge in [0.05, 0.1) is 29.8 Å². The van der Waals surface area contributed by atoms with Crippen LogP contribution < -0.4 is 0 Å². The molecule has 2 aromatic rings. The zero-order valence-electron chi connectivity index (χ0n) is 12.7. The molecule has 2 heterocycles. The van der Waals surface area contributed by atoms with Gasteiger partial charge in [0.25, 0.3) is 11.8 Å². The third kappa shape index (κ3) is 2.69. The van der Waals surface area contributed by atoms with Crippen molar-refractivity contribution in [2.45, 2.75) is 30.1 Å². The molecule has 1 saturated carbocycles. The summed E-state index contributed by atoms with van der Waals surface area (Å²) in [6.07, 6.45) is 1.29. The van der Waals surface area contributed by atoms with Crippen molar-refractivity contribution in [2.75, 3.05) is 12.3 Å². The van der Waals surface area contributed by atoms with Crippen molar-refractivity contribution in [3.8, 4) is 0 Å². The maximum absolute atomic E-state index is 12.3. The second-order valence-electron chi connectivity index (χ2n) is 5.87. The van der Waals surface area contributed by atoms with E-state index in [9.17, 15) is 14.7 Å². The predicted molar refractivity (Wildman–Crippen MR) is 84.6 cm³/mol. The van der Waals surface area contributed by atoms with Crippen LogP contribution in [0.1, 0.15) is 39.6 Å². The Morgan fingerprint density at radius 2 is 1.88 bits per heavy atom. The summed E-state index contributed by atoms with van der Waals surface area (Å²) in [4.78, 5) is 25.7. The number of carbonyl (C=O) groups is 2. The first kappa shape index (κ1) is 15.3. The lowest BCUT2D eigenvalue weighted by Crippen LogP contribution is -2.37. The summed E-state index contributed by atoms with van der Waals surface area (Å²) in [6.45, 7) is -0.0374. The number of rotatable bonds is 6. The van der Waals surface area contributed by atoms with Crippen LogP contribution in [0.4, 0.5) is 0 Å². The highest BCUT2D eigenvalue weighted by atomic mass is 32.2. The van der Waals surface area contributed by atoms with Gasteiger partial charge in [0, 0.05) is 5.75 Å². The van der Waals surface area contributed by atoms with E-state index in [1.165, 1.54) is 11.8 Å². The van der Waals surface area contributed by atoms with Crippen LogP contribution in [0.2, 0.25) is 0 Å². The number of fused-ring (bicyclic) bond motifs is 1. The molecule has 1 atom stereocenters. The number of hydrogen-bond acceptors (Lipinski definition) is 7. The molecule has 4 rings (SSSR count). The van der Waals surface area contributed by atoms with Crippen molar-refractivity contribution in [3.63, 3.8) is 0 Å². The van der Waals surface area contributed by atoms with Gasteiger partial charge < -0.3 is 5.11 Å². The molecule has 0 unspecified atom stereocenters. The molecule has 124 valence electrons. The largest absolute Gasteiger partial charge is 0.390 e. The molecule has 24 heavy (non-hydrogen) atoms. The van der Waals surface area contributed by atoms with Crippen LogP contribution in [0.25, 0.3) is 0 Å². The number of aliphatic hydroxyl groups is 1. The lowest BCUT2D eigenvalue weighted by Gasteiger charge is -2.18. The first-order valence-electron chi connectivity index (χ1n) is 7.69. The zero-order valence-corrected chi connectivity index (χ0v) is 13.5. The minimum atomic E-state index is -0.846. The number of β-amino-alcohol motifs (C(OH)–C–C–N with tert-alkyl or cyclic N) is 1. The second kappa shape index (κ2) is 5.99. The van der Waals surface area contributed by atoms with Crippen LogP contribution in [0.15, 0.2) is 29.4 Å². The maximum atomic E-state index is 12.3. The van der Waals surface area contributed by atoms with E-state index in [2.05, 4.69) is 15.5 Å². The number of hydrogen-bond donors (Lipinski definition) is 1. The maximum Gasteiger partial charge on any atom is 0.261 e. The van der Waals surface area contributed by atoms with Crippen LogP contribution in [-0.4, -0.2) is 60.4 Å². The van der Waals surface area contributed by atoms with Crippen LogP contribution in [0, 0.1) is 0 Å². The van der Waals surface area contributed by atoms with Crippen molar-refractivity contribution >= 4 is 23.6 Å². The fourth-order valence-electron chi connectivity index (χ4n) is 2.67. The van der Waals surface area contributed by atoms with Gasteiger partial charge in [0.1, 0.15) is 0 Å². The van der Waals surface area contributed by atoms with E-state index in [0.29, 0.717) is 28.1 Å². The molecule has 1 aromatic heterocycles. The number of imide groups is 1. The number of nitrogens with zero attached hydrogens (tertiary/aromatic N) is 5. The van der Waals surface area contributed by atoms with Gasteiger partial charge in [0.2, 0.25) is 5.16 Å². The summed E-state index contributed by atoms with van der Waals surface area (Å²) in [5.41, 5.74) is 0.778. The number of aromatic nitrogens is 4. The van der Waals surface area contributed by atoms with Gasteiger partial charge in [-0.2, -0.15) is 0 Å². The quantitative estimate of drug-likeness (QED) is 0.609. The molecular weight excluding hydrogens is 330 g/mol. The molecule has 1 aromatic carbocycles. The molecule has 1 aliphatic heterocycles. The molecule has 0 saturated heterocycles. The molecule has 1 fully saturated rings. The van der Waals surface area contributed by atoms with E-state index >= 15 is 0 Å². The summed E-state index contributed by atoms with van der Waals surface area (Å²) in [5, 5.41) is 22.4. The minimum Gasteiger partial charge on any atom is -0.390 e. The Kier molecular flexibility index (Phi) is 3.81. The lowest BCUT2D eigenvalue weighted by molar-refractivity contribution is 0.0567. The van der Waals surface area contributed by atoms with Gasteiger partial charge in [-0.05, 0) is 35.4 Å². The normalized spacial score (nSPS) is 18.1. The summed E-state index contributed by atoms with van der Waals surface area (Å²) in [7, 11) is 0. The molecule has 1 N–H and O–H groups in total. The van der Waals surface area contributed by atoms with Crippen LogP contribution in [0.5, 0.6) is 0 Å². The average molecular weight is 345 g/mol. The Hall–Kier alpha value is -2.26. The Morgan fingerprint density at radius 1 is 1.21 bits per heavy atom. The van der Waals surface area contributed by atoms with Gasteiger partial charge in [-0.1, -0.05) is 23.9 Å². The Labute approximate surface area is 141 Å². The summed E-state index contributed by atoms with van der Waals surface area (Å²) < 4.78 is 1.76. The summed E-state index contributed by atoms with van der Waals surface area (Å²) >= 11 is 1.33. The van der Waals surface area contributed by atoms with Crippen molar-refractivity contribution in [3.05, 3.63) is 35.4 Å². The summed E-state index contributed by atoms with van der Waals surface area (Å²) in [6, 6.07) is 7.05. The third-order valence-corrected chi connectivity index (χ3v) is 5.11. The van der Waals surface area contributed by atoms with E-state index in [0.717, 1.165) is 17.7 Å². The molecule has 0 spiro atoms. The second-order valence-corrected chi connectivity index (χ2v) is 6.86. The highest BCUT2D eigenvalue weighted by Crippen LogP contribution is 2.36. The smallest absolute Gasteiger partial charge is 0.261 e. The van der Waals surface area contributed by atoms with Gasteiger partial charge in [-0.15, -0.1) is 5.10 Å². The molecular formula is C15H15N5O3S. The highest BCUT2D eigenvalue weighted by molar-refractivity contribution is 7.99. The van der Waals surface area contributed by atoms with Gasteiger partial charge in [-0.25, -0.2) is 4.68 Å². The fraction of sp³-hybridized carbons (Fsp3) is 0.400. The SMILES string of the molecule is O=C1c2ccccc2C(=O)N1C[C@@H](O)CSc1nnnn1C1CC1. The number of tetrazole rings is 1. The molecule has 9 heteroatoms. The van der Waals surface area contributed by atoms with Gasteiger partial charge in [-0.3, -0.25) is 14.5 Å². The van der Waals surface area contributed by atoms with E-state index < -0.39 is 6.10 Å². The van der Waals surface area contributed by atoms with Crippen molar-refractivity contribution in [1.29, 1.82) is 0 Å². The summed E-state index contributed by atoms with van der Waals surface area (Å²) in [5.74, 6) is -0.412. The number of thioether (sulfide) groups is 1. The molecule has 8 nitrogen and oxygen atoms in total. The molecule has 2 aliphatic rings. The topological polar surface area (TPSA) is 101 Å². The van der Waals surface area contributed by atoms with Crippen molar-refractivity contribution in [1.82, 2.24) is 25.1 Å². The van der Waals surface area contributed by atoms with Crippen molar-refractivity contribution < 1.29 is 14.7 Å². The van der Waals surface area contributed by atoms with E-state index in [1.807, 2.05) is 0 Å². The molecule has 1 aliphatic carbocycles. The lowest BCUT2D eigenvalue weighted by atomic mass is 10.1. The van der Waals surface area contributed by atoms with Crippen LogP contribution in [0.3, 0.4) is 0 Å². The van der Waals surface area contributed by atoms with E-state index in [-0.39, 0.29) is 18.4 Å². The fourth-order valence-corrected chi connectivity index (χ4v) is 3.53. The molecule has 0 bridgehead atoms. The molecule has 2 amide bonds. The first-order chi connectivity index (χ1) is 11.6. The Bertz CT molecular complexity index is 769. The van der Waals surface area contributed by atoms with Gasteiger partial charge in [0.15, 0.2) is 0 Å². The van der Waals surface area contributed by atoms with Crippen molar-refractivity contribution in [2.24, 2.45) is 0 Å². The standard InChI is InChI=1S/C15H15N5O3S/c21-10(8-24-15-16-17-18-20(15)9-5-6-9)7-19-13(22)11-3-1-2-4-12(11)14(19)23/h1-4,9-10,21H,5-8H2/t10-/m1/s1. The number of carbonyl (C=O) groups excluding carboxylic acids is 2. The Morgan fingerprint density at radius 3 is 2.50 bits per heavy atom. The average Bonchev–Trinajstić information content (AvgIpc) is 3.29. The minimum absolute atomic E-state index is 0.0374. The zero-order chi connectivity index (χ0) is 16.7. The number of benzene rings is 1. The number of aliphatic hydroxyl groups excluding tert-OH is 1. The van der Waals surface area contributed by atoms with E-state index in [1.54, 1.807) is 28.9 Å². The first-order valence-corrected chi connectivity index (χ1v) is 8.67. The molecule has 0 radical (unpaired) electrons. The monoisotopic (exact) mass is 345 g/mol. The van der Waals surface area contributed by atoms with Crippen LogP contribution >= 0.6 is 11.8 Å². The number of amides is 2. The van der Waals surface area contributed by atoms with Crippen LogP contribution in [-0.2, 0) is 0 Å². The Balaban J connectivity index is 1.38. The highest BCUT2D eigenvalue weighted by Gasteiger charge is 2.36. The van der Waals surface area contributed by atoms with Gasteiger partial charge >= 0.3 is 0 Å². The predicted octanol–water partition coefficient (Wildman–Crippen LogP) is 0.757. The van der Waals surface area contributed by atoms with E-state index in [4.69, 9.17) is 0 Å². The third-order valence-electron chi connectivity index (χ3n) is 4.03.